The van der Waals surface area contributed by atoms with Crippen molar-refractivity contribution < 1.29 is 25.8 Å². The van der Waals surface area contributed by atoms with E-state index in [0.29, 0.717) is 11.5 Å². The van der Waals surface area contributed by atoms with Gasteiger partial charge in [-0.15, -0.1) is 30.3 Å². The Morgan fingerprint density at radius 3 is 2.28 bits per heavy atom. The molecule has 0 amide bonds. The molecule has 0 atom stereocenters. The molecule has 0 unspecified atom stereocenters. The number of para-hydroxylation sites is 2. The van der Waals surface area contributed by atoms with Crippen molar-refractivity contribution in [1.29, 1.82) is 0 Å². The number of aromatic nitrogens is 6. The van der Waals surface area contributed by atoms with Gasteiger partial charge in [-0.3, -0.25) is 9.55 Å². The number of pyridine rings is 2. The first-order chi connectivity index (χ1) is 26.9. The molecule has 2 aliphatic rings. The maximum absolute atomic E-state index is 6.68. The van der Waals surface area contributed by atoms with Crippen molar-refractivity contribution >= 4 is 55.2 Å². The summed E-state index contributed by atoms with van der Waals surface area (Å²) in [4.78, 5) is 15.4. The average molecular weight is 922 g/mol. The van der Waals surface area contributed by atoms with Crippen LogP contribution >= 0.6 is 0 Å². The molecule has 6 heterocycles. The molecule has 0 fully saturated rings. The minimum Gasteiger partial charge on any atom is -0.503 e. The van der Waals surface area contributed by atoms with E-state index in [2.05, 4.69) is 159 Å². The molecule has 1 aliphatic carbocycles. The Balaban J connectivity index is 0.00000374. The third-order valence-corrected chi connectivity index (χ3v) is 13.6. The molecule has 0 bridgehead atoms. The van der Waals surface area contributed by atoms with Gasteiger partial charge in [-0.25, -0.2) is 9.97 Å². The maximum Gasteiger partial charge on any atom is 2.00 e. The van der Waals surface area contributed by atoms with Crippen molar-refractivity contribution in [2.45, 2.75) is 64.7 Å². The van der Waals surface area contributed by atoms with E-state index in [-0.39, 0.29) is 37.3 Å². The van der Waals surface area contributed by atoms with Crippen LogP contribution in [0.25, 0.3) is 72.1 Å². The standard InChI is InChI=1S/C49H38N6O.Pt/c1-27-12-10-17-39-43(27)52-46-53(39)38-21-19-29(23-40(38)54(46)42-24-37-34(25-50-42)31-13-8-9-15-35(31)47(37,2)3)56-28-18-20-30-32-14-11-16-36-44(32)55-41(49(6,7)48(36,4)5)26-51-45(55)33(30)22-28;/h8-21,24-26H,1-7H3;/q-2;+2. The predicted octanol–water partition coefficient (Wildman–Crippen LogP) is 11.4. The molecule has 0 N–H and O–H groups in total. The van der Waals surface area contributed by atoms with Crippen LogP contribution in [0.4, 0.5) is 0 Å². The Morgan fingerprint density at radius 1 is 0.649 bits per heavy atom. The van der Waals surface area contributed by atoms with Gasteiger partial charge >= 0.3 is 21.1 Å². The quantitative estimate of drug-likeness (QED) is 0.131. The fourth-order valence-corrected chi connectivity index (χ4v) is 9.92. The van der Waals surface area contributed by atoms with Gasteiger partial charge in [-0.2, -0.15) is 0 Å². The van der Waals surface area contributed by atoms with E-state index in [1.807, 2.05) is 18.3 Å². The summed E-state index contributed by atoms with van der Waals surface area (Å²) in [7, 11) is 0. The Labute approximate surface area is 344 Å². The molecule has 1 aliphatic heterocycles. The zero-order valence-corrected chi connectivity index (χ0v) is 35.0. The second-order valence-electron chi connectivity index (χ2n) is 17.3. The molecule has 0 spiro atoms. The van der Waals surface area contributed by atoms with Crippen LogP contribution in [0.3, 0.4) is 0 Å². The second kappa shape index (κ2) is 11.2. The number of fused-ring (bicyclic) bond motifs is 11. The number of imidazole rings is 3. The fraction of sp³-hybridized carbons (Fsp3) is 0.204. The van der Waals surface area contributed by atoms with Gasteiger partial charge < -0.3 is 13.5 Å². The summed E-state index contributed by atoms with van der Waals surface area (Å²) in [5.74, 6) is 2.76. The Morgan fingerprint density at radius 2 is 1.42 bits per heavy atom. The summed E-state index contributed by atoms with van der Waals surface area (Å²) in [6, 6.07) is 39.5. The van der Waals surface area contributed by atoms with Crippen molar-refractivity contribution in [2.75, 3.05) is 0 Å². The molecule has 5 aromatic carbocycles. The smallest absolute Gasteiger partial charge is 0.503 e. The molecular formula is C49H38N6OPt. The van der Waals surface area contributed by atoms with Gasteiger partial charge in [0.05, 0.1) is 16.7 Å². The monoisotopic (exact) mass is 921 g/mol. The second-order valence-corrected chi connectivity index (χ2v) is 17.3. The molecule has 7 nitrogen and oxygen atoms in total. The topological polar surface area (TPSA) is 61.6 Å². The van der Waals surface area contributed by atoms with E-state index in [9.17, 15) is 0 Å². The fourth-order valence-electron chi connectivity index (χ4n) is 9.92. The summed E-state index contributed by atoms with van der Waals surface area (Å²) >= 11 is 0. The van der Waals surface area contributed by atoms with E-state index in [1.165, 1.54) is 44.4 Å². The number of hydrogen-bond donors (Lipinski definition) is 0. The first kappa shape index (κ1) is 34.5. The van der Waals surface area contributed by atoms with Gasteiger partial charge in [0.25, 0.3) is 0 Å². The zero-order valence-electron chi connectivity index (χ0n) is 32.7. The molecule has 0 saturated heterocycles. The Hall–Kier alpha value is -5.78. The van der Waals surface area contributed by atoms with Gasteiger partial charge in [0.1, 0.15) is 5.82 Å². The van der Waals surface area contributed by atoms with Crippen molar-refractivity contribution in [1.82, 2.24) is 28.3 Å². The van der Waals surface area contributed by atoms with Crippen LogP contribution in [-0.4, -0.2) is 28.3 Å². The van der Waals surface area contributed by atoms with Gasteiger partial charge in [0, 0.05) is 56.9 Å². The molecule has 57 heavy (non-hydrogen) atoms. The van der Waals surface area contributed by atoms with E-state index in [1.54, 1.807) is 0 Å². The Kier molecular flexibility index (Phi) is 6.77. The summed E-state index contributed by atoms with van der Waals surface area (Å²) < 4.78 is 13.4. The molecule has 0 radical (unpaired) electrons. The minimum atomic E-state index is -0.179. The average Bonchev–Trinajstić information content (AvgIpc) is 3.94. The molecule has 0 saturated carbocycles. The van der Waals surface area contributed by atoms with Gasteiger partial charge in [-0.05, 0) is 63.3 Å². The summed E-state index contributed by atoms with van der Waals surface area (Å²) in [6.45, 7) is 16.1. The number of rotatable bonds is 3. The van der Waals surface area contributed by atoms with Crippen LogP contribution in [0, 0.1) is 19.1 Å². The van der Waals surface area contributed by atoms with Crippen LogP contribution < -0.4 is 4.74 Å². The van der Waals surface area contributed by atoms with Crippen LogP contribution in [0.15, 0.2) is 103 Å². The third-order valence-electron chi connectivity index (χ3n) is 13.6. The van der Waals surface area contributed by atoms with Crippen LogP contribution in [0.5, 0.6) is 11.5 Å². The summed E-state index contributed by atoms with van der Waals surface area (Å²) in [6.07, 6.45) is 4.08. The van der Waals surface area contributed by atoms with Gasteiger partial charge in [0.2, 0.25) is 5.78 Å². The SMILES string of the molecule is Cc1cccc2c1nc1n(-c3cc4c(cn3)-c3ccccc3C4(C)C)c3[c-]c(Oc4[c-]c5c(cc4)c4cccc6c4n4c(cnc54)C(C)(C)C6(C)C)ccc3n21.[Pt+2]. The first-order valence-electron chi connectivity index (χ1n) is 19.4. The van der Waals surface area contributed by atoms with E-state index in [0.717, 1.165) is 55.6 Å². The van der Waals surface area contributed by atoms with Crippen molar-refractivity contribution in [3.8, 4) is 28.4 Å². The van der Waals surface area contributed by atoms with Crippen LogP contribution in [-0.2, 0) is 37.3 Å². The Bertz CT molecular complexity index is 3400. The van der Waals surface area contributed by atoms with E-state index < -0.39 is 0 Å². The molecule has 280 valence electrons. The molecule has 5 aromatic heterocycles. The zero-order chi connectivity index (χ0) is 38.0. The summed E-state index contributed by atoms with van der Waals surface area (Å²) in [5.41, 5.74) is 14.2. The number of ether oxygens (including phenoxy) is 1. The largest absolute Gasteiger partial charge is 2.00 e. The molecule has 8 heteroatoms. The normalized spacial score (nSPS) is 15.9. The number of benzene rings is 5. The van der Waals surface area contributed by atoms with E-state index in [4.69, 9.17) is 19.7 Å². The van der Waals surface area contributed by atoms with Crippen LogP contribution in [0.1, 0.15) is 69.5 Å². The molecule has 12 rings (SSSR count). The van der Waals surface area contributed by atoms with E-state index >= 15 is 0 Å². The maximum atomic E-state index is 6.68. The van der Waals surface area contributed by atoms with Gasteiger partial charge in [-0.1, -0.05) is 113 Å². The third kappa shape index (κ3) is 4.23. The number of nitrogens with zero attached hydrogens (tertiary/aromatic N) is 6. The number of aryl methyl sites for hydroxylation is 1. The van der Waals surface area contributed by atoms with Crippen molar-refractivity contribution in [2.24, 2.45) is 0 Å². The first-order valence-corrected chi connectivity index (χ1v) is 19.4. The minimum absolute atomic E-state index is 0. The predicted molar refractivity (Wildman–Crippen MR) is 224 cm³/mol. The van der Waals surface area contributed by atoms with Crippen LogP contribution in [0.2, 0.25) is 0 Å². The number of hydrogen-bond acceptors (Lipinski definition) is 4. The van der Waals surface area contributed by atoms with Gasteiger partial charge in [0.15, 0.2) is 0 Å². The van der Waals surface area contributed by atoms with Crippen molar-refractivity contribution in [3.63, 3.8) is 0 Å². The molecule has 10 aromatic rings. The van der Waals surface area contributed by atoms with Crippen molar-refractivity contribution in [3.05, 3.63) is 143 Å². The summed E-state index contributed by atoms with van der Waals surface area (Å²) in [5, 5.41) is 3.24. The molecular weight excluding hydrogens is 884 g/mol.